The zero-order chi connectivity index (χ0) is 20.5. The second-order valence-electron chi connectivity index (χ2n) is 6.85. The number of halogens is 1. The molecule has 1 unspecified atom stereocenters. The molecule has 1 aliphatic rings. The van der Waals surface area contributed by atoms with Gasteiger partial charge in [0.25, 0.3) is 0 Å². The van der Waals surface area contributed by atoms with E-state index >= 15 is 0 Å². The van der Waals surface area contributed by atoms with Crippen LogP contribution in [0.2, 0.25) is 5.02 Å². The summed E-state index contributed by atoms with van der Waals surface area (Å²) >= 11 is 5.96. The number of rotatable bonds is 5. The number of carbonyl (C=O) groups is 1. The first-order valence-corrected chi connectivity index (χ1v) is 10.8. The highest BCUT2D eigenvalue weighted by molar-refractivity contribution is 7.89. The lowest BCUT2D eigenvalue weighted by atomic mass is 10.1. The van der Waals surface area contributed by atoms with Crippen molar-refractivity contribution in [3.63, 3.8) is 0 Å². The first-order chi connectivity index (χ1) is 13.2. The second-order valence-corrected chi connectivity index (χ2v) is 9.15. The number of nitrogens with one attached hydrogen (secondary N) is 1. The third-order valence-electron chi connectivity index (χ3n) is 4.93. The van der Waals surface area contributed by atoms with Gasteiger partial charge in [-0.1, -0.05) is 17.7 Å². The Hall–Kier alpha value is -2.09. The minimum absolute atomic E-state index is 0.161. The lowest BCUT2D eigenvalue weighted by molar-refractivity contribution is -0.119. The molecule has 1 saturated heterocycles. The topological polar surface area (TPSA) is 75.7 Å². The average molecular weight is 423 g/mol. The fraction of sp³-hybridized carbons (Fsp3) is 0.350. The van der Waals surface area contributed by atoms with Gasteiger partial charge in [-0.25, -0.2) is 8.42 Å². The smallest absolute Gasteiger partial charge is 0.244 e. The molecule has 1 atom stereocenters. The van der Waals surface area contributed by atoms with Crippen LogP contribution >= 0.6 is 11.6 Å². The van der Waals surface area contributed by atoms with Crippen molar-refractivity contribution in [3.8, 4) is 5.75 Å². The summed E-state index contributed by atoms with van der Waals surface area (Å²) in [5.74, 6) is 0.119. The zero-order valence-electron chi connectivity index (χ0n) is 16.0. The van der Waals surface area contributed by atoms with Crippen molar-refractivity contribution in [3.05, 3.63) is 52.5 Å². The number of carbonyl (C=O) groups excluding carboxylic acids is 1. The molecule has 6 nitrogen and oxygen atoms in total. The van der Waals surface area contributed by atoms with Gasteiger partial charge in [0.1, 0.15) is 11.8 Å². The molecule has 1 N–H and O–H groups in total. The summed E-state index contributed by atoms with van der Waals surface area (Å²) < 4.78 is 33.0. The molecule has 0 radical (unpaired) electrons. The van der Waals surface area contributed by atoms with Gasteiger partial charge in [-0.05, 0) is 62.1 Å². The van der Waals surface area contributed by atoms with Gasteiger partial charge in [0.15, 0.2) is 0 Å². The van der Waals surface area contributed by atoms with Crippen molar-refractivity contribution in [1.82, 2.24) is 4.31 Å². The van der Waals surface area contributed by atoms with Crippen LogP contribution in [0.5, 0.6) is 5.75 Å². The van der Waals surface area contributed by atoms with Crippen LogP contribution in [0, 0.1) is 13.8 Å². The summed E-state index contributed by atoms with van der Waals surface area (Å²) in [6, 6.07) is 9.31. The van der Waals surface area contributed by atoms with E-state index in [9.17, 15) is 13.2 Å². The molecular weight excluding hydrogens is 400 g/mol. The maximum Gasteiger partial charge on any atom is 0.244 e. The van der Waals surface area contributed by atoms with Crippen LogP contribution in [0.4, 0.5) is 5.69 Å². The number of hydrogen-bond donors (Lipinski definition) is 1. The Labute approximate surface area is 170 Å². The highest BCUT2D eigenvalue weighted by atomic mass is 35.5. The van der Waals surface area contributed by atoms with E-state index in [1.807, 2.05) is 6.92 Å². The first-order valence-electron chi connectivity index (χ1n) is 8.97. The van der Waals surface area contributed by atoms with Crippen molar-refractivity contribution in [2.45, 2.75) is 37.6 Å². The van der Waals surface area contributed by atoms with Gasteiger partial charge in [-0.15, -0.1) is 0 Å². The van der Waals surface area contributed by atoms with E-state index in [0.29, 0.717) is 41.4 Å². The van der Waals surface area contributed by atoms with E-state index in [0.717, 1.165) is 5.56 Å². The molecule has 0 spiro atoms. The molecule has 0 aromatic heterocycles. The molecule has 150 valence electrons. The SMILES string of the molecule is COc1ccc(C)c(S(=O)(=O)N2CCCC2C(=O)Nc2ccc(Cl)cc2C)c1. The highest BCUT2D eigenvalue weighted by Crippen LogP contribution is 2.31. The number of hydrogen-bond acceptors (Lipinski definition) is 4. The zero-order valence-corrected chi connectivity index (χ0v) is 17.6. The Morgan fingerprint density at radius 3 is 2.61 bits per heavy atom. The summed E-state index contributed by atoms with van der Waals surface area (Å²) in [5, 5.41) is 3.42. The predicted molar refractivity (Wildman–Crippen MR) is 109 cm³/mol. The van der Waals surface area contributed by atoms with Gasteiger partial charge in [0.05, 0.1) is 12.0 Å². The Balaban J connectivity index is 1.88. The van der Waals surface area contributed by atoms with Gasteiger partial charge in [-0.3, -0.25) is 4.79 Å². The van der Waals surface area contributed by atoms with Crippen molar-refractivity contribution in [1.29, 1.82) is 0 Å². The van der Waals surface area contributed by atoms with Gasteiger partial charge >= 0.3 is 0 Å². The van der Waals surface area contributed by atoms with Crippen molar-refractivity contribution >= 4 is 33.2 Å². The summed E-state index contributed by atoms with van der Waals surface area (Å²) in [6.45, 7) is 3.87. The lowest BCUT2D eigenvalue weighted by Gasteiger charge is -2.24. The molecule has 2 aromatic carbocycles. The molecule has 2 aromatic rings. The van der Waals surface area contributed by atoms with Gasteiger partial charge in [0.2, 0.25) is 15.9 Å². The molecular formula is C20H23ClN2O4S. The molecule has 0 bridgehead atoms. The molecule has 28 heavy (non-hydrogen) atoms. The van der Waals surface area contributed by atoms with E-state index in [2.05, 4.69) is 5.32 Å². The minimum Gasteiger partial charge on any atom is -0.497 e. The minimum atomic E-state index is -3.83. The summed E-state index contributed by atoms with van der Waals surface area (Å²) in [4.78, 5) is 13.0. The number of methoxy groups -OCH3 is 1. The fourth-order valence-corrected chi connectivity index (χ4v) is 5.51. The molecule has 0 saturated carbocycles. The molecule has 1 amide bonds. The van der Waals surface area contributed by atoms with Crippen molar-refractivity contribution in [2.75, 3.05) is 19.0 Å². The van der Waals surface area contributed by atoms with Crippen LogP contribution in [0.1, 0.15) is 24.0 Å². The number of amides is 1. The molecule has 1 fully saturated rings. The summed E-state index contributed by atoms with van der Waals surface area (Å²) in [7, 11) is -2.35. The Morgan fingerprint density at radius 1 is 1.18 bits per heavy atom. The maximum absolute atomic E-state index is 13.3. The van der Waals surface area contributed by atoms with Crippen LogP contribution in [-0.2, 0) is 14.8 Å². The van der Waals surface area contributed by atoms with Crippen LogP contribution in [-0.4, -0.2) is 38.3 Å². The normalized spacial score (nSPS) is 17.5. The first kappa shape index (κ1) is 20.6. The molecule has 1 aliphatic heterocycles. The van der Waals surface area contributed by atoms with Crippen LogP contribution in [0.25, 0.3) is 0 Å². The van der Waals surface area contributed by atoms with Gasteiger partial charge in [-0.2, -0.15) is 4.31 Å². The third-order valence-corrected chi connectivity index (χ3v) is 7.22. The van der Waals surface area contributed by atoms with E-state index in [-0.39, 0.29) is 10.8 Å². The standard InChI is InChI=1S/C20H23ClN2O4S/c1-13-6-8-16(27-3)12-19(13)28(25,26)23-10-4-5-18(23)20(24)22-17-9-7-15(21)11-14(17)2/h6-9,11-12,18H,4-5,10H2,1-3H3,(H,22,24). The number of anilines is 1. The summed E-state index contributed by atoms with van der Waals surface area (Å²) in [6.07, 6.45) is 1.10. The molecule has 8 heteroatoms. The Morgan fingerprint density at radius 2 is 1.93 bits per heavy atom. The van der Waals surface area contributed by atoms with Crippen molar-refractivity contribution in [2.24, 2.45) is 0 Å². The monoisotopic (exact) mass is 422 g/mol. The molecule has 0 aliphatic carbocycles. The Kier molecular flexibility index (Phi) is 5.98. The largest absolute Gasteiger partial charge is 0.497 e. The second kappa shape index (κ2) is 8.11. The number of sulfonamides is 1. The van der Waals surface area contributed by atoms with Crippen LogP contribution < -0.4 is 10.1 Å². The van der Waals surface area contributed by atoms with E-state index in [1.165, 1.54) is 17.5 Å². The molecule has 3 rings (SSSR count). The van der Waals surface area contributed by atoms with Gasteiger partial charge < -0.3 is 10.1 Å². The predicted octanol–water partition coefficient (Wildman–Crippen LogP) is 3.76. The number of benzene rings is 2. The quantitative estimate of drug-likeness (QED) is 0.796. The number of aryl methyl sites for hydroxylation is 2. The lowest BCUT2D eigenvalue weighted by Crippen LogP contribution is -2.43. The van der Waals surface area contributed by atoms with Gasteiger partial charge in [0, 0.05) is 23.3 Å². The fourth-order valence-electron chi connectivity index (χ4n) is 3.38. The van der Waals surface area contributed by atoms with Crippen molar-refractivity contribution < 1.29 is 17.9 Å². The van der Waals surface area contributed by atoms with E-state index in [1.54, 1.807) is 37.3 Å². The number of ether oxygens (including phenoxy) is 1. The van der Waals surface area contributed by atoms with Crippen LogP contribution in [0.15, 0.2) is 41.3 Å². The van der Waals surface area contributed by atoms with E-state index in [4.69, 9.17) is 16.3 Å². The highest BCUT2D eigenvalue weighted by Gasteiger charge is 2.40. The van der Waals surface area contributed by atoms with Crippen LogP contribution in [0.3, 0.4) is 0 Å². The number of nitrogens with zero attached hydrogens (tertiary/aromatic N) is 1. The summed E-state index contributed by atoms with van der Waals surface area (Å²) in [5.41, 5.74) is 2.05. The average Bonchev–Trinajstić information content (AvgIpc) is 3.15. The molecule has 1 heterocycles. The van der Waals surface area contributed by atoms with E-state index < -0.39 is 16.1 Å². The maximum atomic E-state index is 13.3. The Bertz CT molecular complexity index is 1010. The third kappa shape index (κ3) is 4.01.